The highest BCUT2D eigenvalue weighted by Crippen LogP contribution is 2.25. The van der Waals surface area contributed by atoms with Gasteiger partial charge in [0.2, 0.25) is 0 Å². The SMILES string of the molecule is N[C@@H](c1ccc2cc(O)ccc2c1)C(F)F. The molecule has 0 amide bonds. The fourth-order valence-electron chi connectivity index (χ4n) is 1.60. The highest BCUT2D eigenvalue weighted by molar-refractivity contribution is 5.84. The molecule has 0 saturated heterocycles. The van der Waals surface area contributed by atoms with Gasteiger partial charge in [0.15, 0.2) is 0 Å². The summed E-state index contributed by atoms with van der Waals surface area (Å²) in [5.74, 6) is 0.151. The Morgan fingerprint density at radius 1 is 1.00 bits per heavy atom. The second-order valence-corrected chi connectivity index (χ2v) is 3.65. The van der Waals surface area contributed by atoms with Crippen LogP contribution in [0.2, 0.25) is 0 Å². The van der Waals surface area contributed by atoms with Crippen LogP contribution in [0.3, 0.4) is 0 Å². The van der Waals surface area contributed by atoms with E-state index in [1.165, 1.54) is 6.07 Å². The summed E-state index contributed by atoms with van der Waals surface area (Å²) >= 11 is 0. The molecule has 0 aliphatic heterocycles. The number of nitrogens with two attached hydrogens (primary N) is 1. The number of fused-ring (bicyclic) bond motifs is 1. The largest absolute Gasteiger partial charge is 0.508 e. The number of phenols is 1. The maximum atomic E-state index is 12.4. The zero-order valence-electron chi connectivity index (χ0n) is 8.40. The van der Waals surface area contributed by atoms with Crippen LogP contribution in [0.25, 0.3) is 10.8 Å². The number of hydrogen-bond acceptors (Lipinski definition) is 2. The smallest absolute Gasteiger partial charge is 0.257 e. The molecular weight excluding hydrogens is 212 g/mol. The van der Waals surface area contributed by atoms with Gasteiger partial charge in [0.1, 0.15) is 5.75 Å². The normalized spacial score (nSPS) is 13.2. The minimum absolute atomic E-state index is 0.151. The van der Waals surface area contributed by atoms with Crippen LogP contribution < -0.4 is 5.73 Å². The molecule has 2 rings (SSSR count). The van der Waals surface area contributed by atoms with E-state index in [-0.39, 0.29) is 5.75 Å². The van der Waals surface area contributed by atoms with Crippen LogP contribution in [0.5, 0.6) is 5.75 Å². The van der Waals surface area contributed by atoms with Crippen molar-refractivity contribution in [2.75, 3.05) is 0 Å². The van der Waals surface area contributed by atoms with Gasteiger partial charge in [0.05, 0.1) is 6.04 Å². The molecule has 0 bridgehead atoms. The molecule has 0 fully saturated rings. The van der Waals surface area contributed by atoms with Gasteiger partial charge in [-0.15, -0.1) is 0 Å². The number of rotatable bonds is 2. The number of alkyl halides is 2. The van der Waals surface area contributed by atoms with Gasteiger partial charge in [-0.1, -0.05) is 18.2 Å². The number of phenolic OH excluding ortho intramolecular Hbond substituents is 1. The van der Waals surface area contributed by atoms with E-state index in [9.17, 15) is 13.9 Å². The second kappa shape index (κ2) is 4.06. The first-order valence-corrected chi connectivity index (χ1v) is 4.84. The van der Waals surface area contributed by atoms with Crippen LogP contribution in [0.4, 0.5) is 8.78 Å². The topological polar surface area (TPSA) is 46.2 Å². The highest BCUT2D eigenvalue weighted by Gasteiger charge is 2.17. The molecule has 0 aliphatic carbocycles. The number of halogens is 2. The quantitative estimate of drug-likeness (QED) is 0.822. The molecule has 0 spiro atoms. The Bertz CT molecular complexity index is 513. The molecule has 2 nitrogen and oxygen atoms in total. The van der Waals surface area contributed by atoms with E-state index in [4.69, 9.17) is 5.73 Å². The Morgan fingerprint density at radius 2 is 1.62 bits per heavy atom. The second-order valence-electron chi connectivity index (χ2n) is 3.65. The van der Waals surface area contributed by atoms with E-state index < -0.39 is 12.5 Å². The summed E-state index contributed by atoms with van der Waals surface area (Å²) < 4.78 is 24.8. The van der Waals surface area contributed by atoms with E-state index in [2.05, 4.69) is 0 Å². The zero-order chi connectivity index (χ0) is 11.7. The standard InChI is InChI=1S/C12H11F2NO/c13-12(14)11(15)9-2-1-8-6-10(16)4-3-7(8)5-9/h1-6,11-12,16H,15H2/t11-/m0/s1. The van der Waals surface area contributed by atoms with Crippen LogP contribution in [-0.4, -0.2) is 11.5 Å². The van der Waals surface area contributed by atoms with Crippen molar-refractivity contribution in [3.63, 3.8) is 0 Å². The third-order valence-electron chi connectivity index (χ3n) is 2.50. The average Bonchev–Trinajstić information content (AvgIpc) is 2.27. The molecule has 0 saturated carbocycles. The number of benzene rings is 2. The zero-order valence-corrected chi connectivity index (χ0v) is 8.40. The molecule has 0 unspecified atom stereocenters. The van der Waals surface area contributed by atoms with Crippen LogP contribution in [0.15, 0.2) is 36.4 Å². The lowest BCUT2D eigenvalue weighted by Crippen LogP contribution is -2.18. The van der Waals surface area contributed by atoms with E-state index >= 15 is 0 Å². The molecule has 2 aromatic rings. The molecule has 2 aromatic carbocycles. The summed E-state index contributed by atoms with van der Waals surface area (Å²) in [7, 11) is 0. The van der Waals surface area contributed by atoms with E-state index in [1.807, 2.05) is 0 Å². The number of aromatic hydroxyl groups is 1. The van der Waals surface area contributed by atoms with Crippen molar-refractivity contribution in [1.82, 2.24) is 0 Å². The Labute approximate surface area is 91.3 Å². The third kappa shape index (κ3) is 1.97. The Morgan fingerprint density at radius 3 is 2.31 bits per heavy atom. The minimum Gasteiger partial charge on any atom is -0.508 e. The van der Waals surface area contributed by atoms with Crippen molar-refractivity contribution in [3.05, 3.63) is 42.0 Å². The van der Waals surface area contributed by atoms with Crippen molar-refractivity contribution >= 4 is 10.8 Å². The van der Waals surface area contributed by atoms with E-state index in [0.29, 0.717) is 5.56 Å². The van der Waals surface area contributed by atoms with Gasteiger partial charge >= 0.3 is 0 Å². The van der Waals surface area contributed by atoms with Crippen molar-refractivity contribution in [2.45, 2.75) is 12.5 Å². The third-order valence-corrected chi connectivity index (χ3v) is 2.50. The lowest BCUT2D eigenvalue weighted by Gasteiger charge is -2.11. The first-order chi connectivity index (χ1) is 7.58. The summed E-state index contributed by atoms with van der Waals surface area (Å²) in [6, 6.07) is 8.34. The Kier molecular flexibility index (Phi) is 2.75. The molecule has 84 valence electrons. The molecule has 0 aromatic heterocycles. The van der Waals surface area contributed by atoms with Crippen LogP contribution in [0, 0.1) is 0 Å². The molecule has 0 heterocycles. The lowest BCUT2D eigenvalue weighted by atomic mass is 10.0. The highest BCUT2D eigenvalue weighted by atomic mass is 19.3. The molecule has 1 atom stereocenters. The molecule has 3 N–H and O–H groups in total. The van der Waals surface area contributed by atoms with Gasteiger partial charge in [-0.3, -0.25) is 0 Å². The first kappa shape index (κ1) is 10.8. The monoisotopic (exact) mass is 223 g/mol. The number of hydrogen-bond donors (Lipinski definition) is 2. The summed E-state index contributed by atoms with van der Waals surface area (Å²) in [6.45, 7) is 0. The predicted octanol–water partition coefficient (Wildman–Crippen LogP) is 2.81. The van der Waals surface area contributed by atoms with Gasteiger partial charge in [-0.05, 0) is 34.5 Å². The molecular formula is C12H11F2NO. The van der Waals surface area contributed by atoms with Gasteiger partial charge < -0.3 is 10.8 Å². The molecule has 4 heteroatoms. The molecule has 16 heavy (non-hydrogen) atoms. The maximum absolute atomic E-state index is 12.4. The maximum Gasteiger partial charge on any atom is 0.257 e. The summed E-state index contributed by atoms with van der Waals surface area (Å²) in [6.07, 6.45) is -2.57. The molecule has 0 radical (unpaired) electrons. The van der Waals surface area contributed by atoms with Crippen molar-refractivity contribution < 1.29 is 13.9 Å². The summed E-state index contributed by atoms with van der Waals surface area (Å²) in [5.41, 5.74) is 5.76. The summed E-state index contributed by atoms with van der Waals surface area (Å²) in [4.78, 5) is 0. The van der Waals surface area contributed by atoms with Crippen LogP contribution in [0.1, 0.15) is 11.6 Å². The van der Waals surface area contributed by atoms with Gasteiger partial charge in [0.25, 0.3) is 6.43 Å². The Hall–Kier alpha value is -1.68. The van der Waals surface area contributed by atoms with Crippen LogP contribution >= 0.6 is 0 Å². The van der Waals surface area contributed by atoms with Crippen molar-refractivity contribution in [1.29, 1.82) is 0 Å². The van der Waals surface area contributed by atoms with E-state index in [1.54, 1.807) is 30.3 Å². The average molecular weight is 223 g/mol. The van der Waals surface area contributed by atoms with Crippen LogP contribution in [-0.2, 0) is 0 Å². The molecule has 0 aliphatic rings. The fraction of sp³-hybridized carbons (Fsp3) is 0.167. The Balaban J connectivity index is 2.48. The predicted molar refractivity (Wildman–Crippen MR) is 58.5 cm³/mol. The van der Waals surface area contributed by atoms with Gasteiger partial charge in [0, 0.05) is 0 Å². The summed E-state index contributed by atoms with van der Waals surface area (Å²) in [5, 5.41) is 10.8. The lowest BCUT2D eigenvalue weighted by molar-refractivity contribution is 0.116. The van der Waals surface area contributed by atoms with Gasteiger partial charge in [-0.2, -0.15) is 0 Å². The minimum atomic E-state index is -2.57. The first-order valence-electron chi connectivity index (χ1n) is 4.84. The van der Waals surface area contributed by atoms with Crippen molar-refractivity contribution in [3.8, 4) is 5.75 Å². The fourth-order valence-corrected chi connectivity index (χ4v) is 1.60. The van der Waals surface area contributed by atoms with E-state index in [0.717, 1.165) is 10.8 Å². The van der Waals surface area contributed by atoms with Gasteiger partial charge in [-0.25, -0.2) is 8.78 Å². The van der Waals surface area contributed by atoms with Crippen molar-refractivity contribution in [2.24, 2.45) is 5.73 Å².